The normalized spacial score (nSPS) is 17.1. The summed E-state index contributed by atoms with van der Waals surface area (Å²) in [6.07, 6.45) is 10.2. The summed E-state index contributed by atoms with van der Waals surface area (Å²) in [5, 5.41) is 10.0. The molecule has 1 atom stereocenters. The number of amides is 2. The molecule has 5 nitrogen and oxygen atoms in total. The smallest absolute Gasteiger partial charge is 0.314 e. The second-order valence-electron chi connectivity index (χ2n) is 5.91. The number of urea groups is 1. The third kappa shape index (κ3) is 5.23. The van der Waals surface area contributed by atoms with Crippen LogP contribution < -0.4 is 10.6 Å². The minimum absolute atomic E-state index is 0.0460. The van der Waals surface area contributed by atoms with Gasteiger partial charge in [-0.2, -0.15) is 5.10 Å². The van der Waals surface area contributed by atoms with Crippen LogP contribution in [0.4, 0.5) is 4.79 Å². The number of rotatable bonds is 7. The molecule has 0 unspecified atom stereocenters. The molecule has 0 aliphatic heterocycles. The third-order valence-electron chi connectivity index (χ3n) is 3.98. The standard InChI is InChI=1S/C15H26N4O/c1-13(12-19-10-4-8-18-19)11-17-15(20)16-9-7-14-5-2-3-6-14/h4,8,10,13-14H,2-3,5-7,9,11-12H2,1H3,(H2,16,17,20)/t13-/m0/s1. The molecule has 1 aromatic rings. The van der Waals surface area contributed by atoms with E-state index in [1.54, 1.807) is 6.20 Å². The van der Waals surface area contributed by atoms with Crippen molar-refractivity contribution in [2.45, 2.75) is 45.6 Å². The average molecular weight is 278 g/mol. The van der Waals surface area contributed by atoms with E-state index < -0.39 is 0 Å². The molecule has 0 spiro atoms. The Morgan fingerprint density at radius 1 is 1.40 bits per heavy atom. The first-order chi connectivity index (χ1) is 9.74. The Morgan fingerprint density at radius 2 is 2.20 bits per heavy atom. The molecule has 1 heterocycles. The zero-order valence-electron chi connectivity index (χ0n) is 12.3. The molecule has 0 saturated heterocycles. The van der Waals surface area contributed by atoms with E-state index in [-0.39, 0.29) is 6.03 Å². The lowest BCUT2D eigenvalue weighted by Crippen LogP contribution is -2.39. The van der Waals surface area contributed by atoms with Crippen molar-refractivity contribution in [3.05, 3.63) is 18.5 Å². The zero-order chi connectivity index (χ0) is 14.2. The van der Waals surface area contributed by atoms with Crippen LogP contribution in [0.15, 0.2) is 18.5 Å². The summed E-state index contributed by atoms with van der Waals surface area (Å²) in [6, 6.07) is 1.87. The summed E-state index contributed by atoms with van der Waals surface area (Å²) in [4.78, 5) is 11.7. The van der Waals surface area contributed by atoms with E-state index in [0.29, 0.717) is 12.5 Å². The highest BCUT2D eigenvalue weighted by Crippen LogP contribution is 2.26. The molecule has 1 aliphatic carbocycles. The van der Waals surface area contributed by atoms with E-state index in [1.807, 2.05) is 16.9 Å². The van der Waals surface area contributed by atoms with Gasteiger partial charge in [0.25, 0.3) is 0 Å². The number of nitrogens with zero attached hydrogens (tertiary/aromatic N) is 2. The van der Waals surface area contributed by atoms with Crippen LogP contribution in [-0.4, -0.2) is 28.9 Å². The average Bonchev–Trinajstić information content (AvgIpc) is 3.09. The first-order valence-electron chi connectivity index (χ1n) is 7.73. The van der Waals surface area contributed by atoms with Crippen LogP contribution in [0.2, 0.25) is 0 Å². The quantitative estimate of drug-likeness (QED) is 0.804. The van der Waals surface area contributed by atoms with Crippen molar-refractivity contribution in [2.24, 2.45) is 11.8 Å². The number of hydrogen-bond donors (Lipinski definition) is 2. The molecule has 1 aliphatic rings. The van der Waals surface area contributed by atoms with Crippen LogP contribution >= 0.6 is 0 Å². The van der Waals surface area contributed by atoms with Crippen molar-refractivity contribution in [1.29, 1.82) is 0 Å². The fourth-order valence-corrected chi connectivity index (χ4v) is 2.81. The van der Waals surface area contributed by atoms with Crippen LogP contribution in [0, 0.1) is 11.8 Å². The Bertz CT molecular complexity index is 385. The fraction of sp³-hybridized carbons (Fsp3) is 0.733. The summed E-state index contributed by atoms with van der Waals surface area (Å²) in [7, 11) is 0. The third-order valence-corrected chi connectivity index (χ3v) is 3.98. The molecule has 5 heteroatoms. The van der Waals surface area contributed by atoms with Gasteiger partial charge < -0.3 is 10.6 Å². The minimum Gasteiger partial charge on any atom is -0.338 e. The van der Waals surface area contributed by atoms with Crippen LogP contribution in [0.25, 0.3) is 0 Å². The van der Waals surface area contributed by atoms with Gasteiger partial charge in [0.1, 0.15) is 0 Å². The molecule has 1 saturated carbocycles. The van der Waals surface area contributed by atoms with Crippen LogP contribution in [0.1, 0.15) is 39.0 Å². The number of nitrogens with one attached hydrogen (secondary N) is 2. The van der Waals surface area contributed by atoms with E-state index in [0.717, 1.165) is 25.4 Å². The Labute approximate surface area is 121 Å². The van der Waals surface area contributed by atoms with Crippen LogP contribution in [-0.2, 0) is 6.54 Å². The van der Waals surface area contributed by atoms with E-state index in [1.165, 1.54) is 25.7 Å². The lowest BCUT2D eigenvalue weighted by Gasteiger charge is -2.14. The maximum atomic E-state index is 11.7. The molecule has 2 rings (SSSR count). The number of carbonyl (C=O) groups is 1. The van der Waals surface area contributed by atoms with Crippen LogP contribution in [0.5, 0.6) is 0 Å². The van der Waals surface area contributed by atoms with E-state index in [2.05, 4.69) is 22.7 Å². The zero-order valence-corrected chi connectivity index (χ0v) is 12.3. The molecule has 2 amide bonds. The van der Waals surface area contributed by atoms with Gasteiger partial charge in [0.05, 0.1) is 0 Å². The largest absolute Gasteiger partial charge is 0.338 e. The molecule has 1 aromatic heterocycles. The van der Waals surface area contributed by atoms with Crippen molar-refractivity contribution in [3.63, 3.8) is 0 Å². The predicted molar refractivity (Wildman–Crippen MR) is 79.4 cm³/mol. The van der Waals surface area contributed by atoms with Gasteiger partial charge in [-0.05, 0) is 24.3 Å². The molecule has 1 fully saturated rings. The van der Waals surface area contributed by atoms with Crippen molar-refractivity contribution in [3.8, 4) is 0 Å². The Kier molecular flexibility index (Phi) is 5.89. The monoisotopic (exact) mass is 278 g/mol. The van der Waals surface area contributed by atoms with Crippen molar-refractivity contribution in [1.82, 2.24) is 20.4 Å². The van der Waals surface area contributed by atoms with E-state index >= 15 is 0 Å². The van der Waals surface area contributed by atoms with Gasteiger partial charge in [-0.25, -0.2) is 4.79 Å². The molecule has 0 radical (unpaired) electrons. The summed E-state index contributed by atoms with van der Waals surface area (Å²) in [5.41, 5.74) is 0. The molecular weight excluding hydrogens is 252 g/mol. The Hall–Kier alpha value is -1.52. The highest BCUT2D eigenvalue weighted by Gasteiger charge is 2.14. The Morgan fingerprint density at radius 3 is 2.90 bits per heavy atom. The van der Waals surface area contributed by atoms with Crippen molar-refractivity contribution >= 4 is 6.03 Å². The van der Waals surface area contributed by atoms with Gasteiger partial charge in [-0.15, -0.1) is 0 Å². The topological polar surface area (TPSA) is 59.0 Å². The van der Waals surface area contributed by atoms with Gasteiger partial charge in [-0.3, -0.25) is 4.68 Å². The first kappa shape index (κ1) is 14.9. The first-order valence-corrected chi connectivity index (χ1v) is 7.73. The van der Waals surface area contributed by atoms with E-state index in [4.69, 9.17) is 0 Å². The highest BCUT2D eigenvalue weighted by molar-refractivity contribution is 5.73. The summed E-state index contributed by atoms with van der Waals surface area (Å²) in [6.45, 7) is 4.41. The molecule has 0 bridgehead atoms. The maximum Gasteiger partial charge on any atom is 0.314 e. The van der Waals surface area contributed by atoms with Gasteiger partial charge >= 0.3 is 6.03 Å². The van der Waals surface area contributed by atoms with E-state index in [9.17, 15) is 4.79 Å². The second-order valence-corrected chi connectivity index (χ2v) is 5.91. The minimum atomic E-state index is -0.0460. The van der Waals surface area contributed by atoms with Crippen molar-refractivity contribution < 1.29 is 4.79 Å². The van der Waals surface area contributed by atoms with Gasteiger partial charge in [-0.1, -0.05) is 32.6 Å². The molecule has 112 valence electrons. The van der Waals surface area contributed by atoms with Crippen molar-refractivity contribution in [2.75, 3.05) is 13.1 Å². The van der Waals surface area contributed by atoms with Crippen LogP contribution in [0.3, 0.4) is 0 Å². The van der Waals surface area contributed by atoms with Gasteiger partial charge in [0.15, 0.2) is 0 Å². The summed E-state index contributed by atoms with van der Waals surface area (Å²) in [5.74, 6) is 1.20. The molecular formula is C15H26N4O. The highest BCUT2D eigenvalue weighted by atomic mass is 16.2. The molecule has 0 aromatic carbocycles. The van der Waals surface area contributed by atoms with Gasteiger partial charge in [0, 0.05) is 32.0 Å². The fourth-order valence-electron chi connectivity index (χ4n) is 2.81. The van der Waals surface area contributed by atoms with Gasteiger partial charge in [0.2, 0.25) is 0 Å². The number of carbonyl (C=O) groups excluding carboxylic acids is 1. The predicted octanol–water partition coefficient (Wildman–Crippen LogP) is 2.40. The second kappa shape index (κ2) is 7.92. The molecule has 20 heavy (non-hydrogen) atoms. The lowest BCUT2D eigenvalue weighted by atomic mass is 10.0. The Balaban J connectivity index is 1.52. The molecule has 2 N–H and O–H groups in total. The summed E-state index contributed by atoms with van der Waals surface area (Å²) >= 11 is 0. The number of hydrogen-bond acceptors (Lipinski definition) is 2. The maximum absolute atomic E-state index is 11.7. The summed E-state index contributed by atoms with van der Waals surface area (Å²) < 4.78 is 1.89. The number of aromatic nitrogens is 2. The lowest BCUT2D eigenvalue weighted by molar-refractivity contribution is 0.237. The SMILES string of the molecule is C[C@@H](CNC(=O)NCCC1CCCC1)Cn1cccn1.